The van der Waals surface area contributed by atoms with Gasteiger partial charge in [0.15, 0.2) is 0 Å². The first-order valence-corrected chi connectivity index (χ1v) is 6.08. The molecule has 0 spiro atoms. The van der Waals surface area contributed by atoms with Crippen molar-refractivity contribution in [2.45, 2.75) is 18.9 Å². The lowest BCUT2D eigenvalue weighted by molar-refractivity contribution is 0.0890. The molecule has 0 saturated carbocycles. The molecule has 1 unspecified atom stereocenters. The fourth-order valence-electron chi connectivity index (χ4n) is 1.94. The number of hydrogen-bond acceptors (Lipinski definition) is 4. The molecular formula is C12H16ClN3O2. The van der Waals surface area contributed by atoms with Gasteiger partial charge in [-0.05, 0) is 31.5 Å². The largest absolute Gasteiger partial charge is 0.379 e. The Hall–Kier alpha value is -1.30. The number of halogens is 1. The summed E-state index contributed by atoms with van der Waals surface area (Å²) in [6.45, 7) is 3.14. The molecule has 2 rings (SSSR count). The summed E-state index contributed by atoms with van der Waals surface area (Å²) >= 11 is 5.90. The molecule has 1 saturated heterocycles. The fourth-order valence-corrected chi connectivity index (χ4v) is 2.11. The first-order chi connectivity index (χ1) is 8.54. The van der Waals surface area contributed by atoms with Gasteiger partial charge in [0.05, 0.1) is 23.4 Å². The van der Waals surface area contributed by atoms with E-state index in [0.717, 1.165) is 6.42 Å². The summed E-state index contributed by atoms with van der Waals surface area (Å²) in [5.41, 5.74) is 3.13. The van der Waals surface area contributed by atoms with Gasteiger partial charge in [-0.15, -0.1) is 0 Å². The average molecular weight is 270 g/mol. The molecule has 1 heterocycles. The van der Waals surface area contributed by atoms with Crippen LogP contribution in [0.4, 0.5) is 5.69 Å². The highest BCUT2D eigenvalue weighted by Gasteiger charge is 2.32. The molecule has 1 atom stereocenters. The van der Waals surface area contributed by atoms with E-state index in [1.807, 2.05) is 6.92 Å². The van der Waals surface area contributed by atoms with Crippen LogP contribution in [-0.2, 0) is 4.74 Å². The molecule has 4 N–H and O–H groups in total. The smallest absolute Gasteiger partial charge is 0.253 e. The van der Waals surface area contributed by atoms with Crippen molar-refractivity contribution < 1.29 is 9.53 Å². The third-order valence-corrected chi connectivity index (χ3v) is 3.25. The van der Waals surface area contributed by atoms with Gasteiger partial charge < -0.3 is 15.5 Å². The Kier molecular flexibility index (Phi) is 3.75. The van der Waals surface area contributed by atoms with Gasteiger partial charge in [-0.1, -0.05) is 11.6 Å². The van der Waals surface area contributed by atoms with Crippen LogP contribution in [0.15, 0.2) is 18.2 Å². The van der Waals surface area contributed by atoms with E-state index < -0.39 is 0 Å². The van der Waals surface area contributed by atoms with Crippen molar-refractivity contribution >= 4 is 23.2 Å². The maximum Gasteiger partial charge on any atom is 0.253 e. The highest BCUT2D eigenvalue weighted by atomic mass is 35.5. The van der Waals surface area contributed by atoms with Gasteiger partial charge in [0, 0.05) is 11.6 Å². The van der Waals surface area contributed by atoms with E-state index in [1.54, 1.807) is 18.2 Å². The monoisotopic (exact) mass is 269 g/mol. The molecule has 1 aliphatic heterocycles. The number of nitrogens with two attached hydrogens (primary N) is 1. The molecule has 0 aliphatic carbocycles. The molecule has 1 fully saturated rings. The molecule has 1 aliphatic rings. The Morgan fingerprint density at radius 3 is 2.94 bits per heavy atom. The maximum atomic E-state index is 12.2. The summed E-state index contributed by atoms with van der Waals surface area (Å²) in [7, 11) is 0. The van der Waals surface area contributed by atoms with Crippen LogP contribution in [-0.4, -0.2) is 24.7 Å². The van der Waals surface area contributed by atoms with Crippen molar-refractivity contribution in [1.29, 1.82) is 0 Å². The zero-order valence-electron chi connectivity index (χ0n) is 10.1. The molecule has 1 aromatic carbocycles. The standard InChI is InChI=1S/C12H16ClN3O2/c1-12(4-5-18-7-12)15-11(17)9-6-8(13)2-3-10(9)16-14/h2-3,6,16H,4-5,7,14H2,1H3,(H,15,17). The summed E-state index contributed by atoms with van der Waals surface area (Å²) in [4.78, 5) is 12.2. The molecule has 98 valence electrons. The number of carbonyl (C=O) groups is 1. The molecule has 0 bridgehead atoms. The number of hydrogen-bond donors (Lipinski definition) is 3. The van der Waals surface area contributed by atoms with E-state index in [-0.39, 0.29) is 11.4 Å². The van der Waals surface area contributed by atoms with Gasteiger partial charge >= 0.3 is 0 Å². The van der Waals surface area contributed by atoms with Crippen LogP contribution in [0.3, 0.4) is 0 Å². The summed E-state index contributed by atoms with van der Waals surface area (Å²) in [6, 6.07) is 4.93. The van der Waals surface area contributed by atoms with Crippen LogP contribution < -0.4 is 16.6 Å². The second kappa shape index (κ2) is 5.14. The van der Waals surface area contributed by atoms with Gasteiger partial charge in [-0.2, -0.15) is 0 Å². The predicted octanol–water partition coefficient (Wildman–Crippen LogP) is 1.53. The molecule has 0 radical (unpaired) electrons. The zero-order chi connectivity index (χ0) is 13.2. The molecule has 18 heavy (non-hydrogen) atoms. The number of amides is 1. The van der Waals surface area contributed by atoms with Crippen molar-refractivity contribution in [3.8, 4) is 0 Å². The molecule has 1 aromatic rings. The number of anilines is 1. The second-order valence-corrected chi connectivity index (χ2v) is 5.09. The molecule has 5 nitrogen and oxygen atoms in total. The minimum absolute atomic E-state index is 0.210. The molecule has 6 heteroatoms. The zero-order valence-corrected chi connectivity index (χ0v) is 10.9. The van der Waals surface area contributed by atoms with E-state index in [1.165, 1.54) is 0 Å². The molecule has 0 aromatic heterocycles. The fraction of sp³-hybridized carbons (Fsp3) is 0.417. The average Bonchev–Trinajstić information content (AvgIpc) is 2.75. The maximum absolute atomic E-state index is 12.2. The van der Waals surface area contributed by atoms with Crippen LogP contribution in [0, 0.1) is 0 Å². The second-order valence-electron chi connectivity index (χ2n) is 4.65. The Morgan fingerprint density at radius 1 is 1.56 bits per heavy atom. The van der Waals surface area contributed by atoms with Crippen LogP contribution >= 0.6 is 11.6 Å². The Bertz CT molecular complexity index is 459. The van der Waals surface area contributed by atoms with Crippen molar-refractivity contribution in [3.05, 3.63) is 28.8 Å². The van der Waals surface area contributed by atoms with E-state index in [4.69, 9.17) is 22.2 Å². The minimum atomic E-state index is -0.328. The SMILES string of the molecule is CC1(NC(=O)c2cc(Cl)ccc2NN)CCOC1. The van der Waals surface area contributed by atoms with Gasteiger partial charge in [-0.3, -0.25) is 10.6 Å². The first kappa shape index (κ1) is 13.1. The predicted molar refractivity (Wildman–Crippen MR) is 70.6 cm³/mol. The highest BCUT2D eigenvalue weighted by molar-refractivity contribution is 6.31. The summed E-state index contributed by atoms with van der Waals surface area (Å²) < 4.78 is 5.30. The van der Waals surface area contributed by atoms with Crippen molar-refractivity contribution in [2.75, 3.05) is 18.6 Å². The lowest BCUT2D eigenvalue weighted by Gasteiger charge is -2.24. The van der Waals surface area contributed by atoms with E-state index >= 15 is 0 Å². The quantitative estimate of drug-likeness (QED) is 0.575. The lowest BCUT2D eigenvalue weighted by atomic mass is 10.0. The van der Waals surface area contributed by atoms with Gasteiger partial charge in [0.2, 0.25) is 0 Å². The number of nitrogen functional groups attached to an aromatic ring is 1. The Balaban J connectivity index is 2.20. The van der Waals surface area contributed by atoms with E-state index in [9.17, 15) is 4.79 Å². The topological polar surface area (TPSA) is 76.4 Å². The van der Waals surface area contributed by atoms with Crippen molar-refractivity contribution in [2.24, 2.45) is 5.84 Å². The van der Waals surface area contributed by atoms with Crippen LogP contribution in [0.2, 0.25) is 5.02 Å². The van der Waals surface area contributed by atoms with Gasteiger partial charge in [0.1, 0.15) is 0 Å². The summed E-state index contributed by atoms with van der Waals surface area (Å²) in [6.07, 6.45) is 0.796. The summed E-state index contributed by atoms with van der Waals surface area (Å²) in [5, 5.41) is 3.45. The number of nitrogens with one attached hydrogen (secondary N) is 2. The minimum Gasteiger partial charge on any atom is -0.379 e. The van der Waals surface area contributed by atoms with E-state index in [0.29, 0.717) is 29.5 Å². The highest BCUT2D eigenvalue weighted by Crippen LogP contribution is 2.23. The third-order valence-electron chi connectivity index (χ3n) is 3.02. The normalized spacial score (nSPS) is 22.8. The number of hydrazine groups is 1. The van der Waals surface area contributed by atoms with Gasteiger partial charge in [0.25, 0.3) is 5.91 Å². The lowest BCUT2D eigenvalue weighted by Crippen LogP contribution is -2.46. The van der Waals surface area contributed by atoms with Crippen LogP contribution in [0.5, 0.6) is 0 Å². The molecule has 1 amide bonds. The Morgan fingerprint density at radius 2 is 2.33 bits per heavy atom. The summed E-state index contributed by atoms with van der Waals surface area (Å²) in [5.74, 6) is 5.17. The third kappa shape index (κ3) is 2.75. The van der Waals surface area contributed by atoms with E-state index in [2.05, 4.69) is 10.7 Å². The van der Waals surface area contributed by atoms with Crippen molar-refractivity contribution in [1.82, 2.24) is 5.32 Å². The van der Waals surface area contributed by atoms with Gasteiger partial charge in [-0.25, -0.2) is 0 Å². The van der Waals surface area contributed by atoms with Crippen LogP contribution in [0.1, 0.15) is 23.7 Å². The number of rotatable bonds is 3. The van der Waals surface area contributed by atoms with Crippen molar-refractivity contribution in [3.63, 3.8) is 0 Å². The number of benzene rings is 1. The van der Waals surface area contributed by atoms with Crippen LogP contribution in [0.25, 0.3) is 0 Å². The molecular weight excluding hydrogens is 254 g/mol. The number of ether oxygens (including phenoxy) is 1. The first-order valence-electron chi connectivity index (χ1n) is 5.70. The Labute approximate surface area is 111 Å². The number of carbonyl (C=O) groups excluding carboxylic acids is 1.